The summed E-state index contributed by atoms with van der Waals surface area (Å²) in [6, 6.07) is 0. The molecule has 0 unspecified atom stereocenters. The molecule has 0 aromatic rings. The number of hydrogen-bond donors (Lipinski definition) is 0. The standard InChI is InChI=1S/C4H8F2NP/c1-3-4-8(5,6)7-2/h4H,2-3H2,1H3. The van der Waals surface area contributed by atoms with E-state index >= 15 is 0 Å². The zero-order valence-corrected chi connectivity index (χ0v) is 5.54. The lowest BCUT2D eigenvalue weighted by atomic mass is 10.6. The molecule has 0 saturated carbocycles. The van der Waals surface area contributed by atoms with Gasteiger partial charge in [0.25, 0.3) is 0 Å². The second-order valence-electron chi connectivity index (χ2n) is 1.26. The fraction of sp³-hybridized carbons (Fsp3) is 0.500. The zero-order chi connectivity index (χ0) is 6.62. The van der Waals surface area contributed by atoms with Crippen molar-refractivity contribution in [3.05, 3.63) is 0 Å². The molecular formula is C4H8F2NP. The maximum absolute atomic E-state index is 12.0. The van der Waals surface area contributed by atoms with Gasteiger partial charge in [0.1, 0.15) is 0 Å². The predicted molar refractivity (Wildman–Crippen MR) is 35.0 cm³/mol. The summed E-state index contributed by atoms with van der Waals surface area (Å²) >= 11 is 0. The molecule has 0 N–H and O–H groups in total. The summed E-state index contributed by atoms with van der Waals surface area (Å²) in [5.41, 5.74) is 0. The van der Waals surface area contributed by atoms with Gasteiger partial charge in [-0.15, -0.1) is 0 Å². The third kappa shape index (κ3) is 2.92. The minimum absolute atomic E-state index is 0.361. The quantitative estimate of drug-likeness (QED) is 0.412. The summed E-state index contributed by atoms with van der Waals surface area (Å²) in [5.74, 6) is 0.917. The summed E-state index contributed by atoms with van der Waals surface area (Å²) in [4.78, 5) is 0. The van der Waals surface area contributed by atoms with Crippen LogP contribution in [0.25, 0.3) is 0 Å². The summed E-state index contributed by atoms with van der Waals surface area (Å²) in [7, 11) is -4.03. The molecule has 4 heteroatoms. The maximum Gasteiger partial charge on any atom is 0.315 e. The molecule has 0 amide bonds. The third-order valence-corrected chi connectivity index (χ3v) is 1.77. The first-order valence-electron chi connectivity index (χ1n) is 2.23. The van der Waals surface area contributed by atoms with Crippen LogP contribution in [0.3, 0.4) is 0 Å². The topological polar surface area (TPSA) is 12.4 Å². The van der Waals surface area contributed by atoms with E-state index in [-0.39, 0.29) is 0 Å². The summed E-state index contributed by atoms with van der Waals surface area (Å²) in [5, 5.41) is 0. The molecule has 48 valence electrons. The highest BCUT2D eigenvalue weighted by Crippen LogP contribution is 2.51. The van der Waals surface area contributed by atoms with E-state index in [2.05, 4.69) is 11.5 Å². The molecule has 0 fully saturated rings. The molecule has 0 heterocycles. The van der Waals surface area contributed by atoms with Crippen LogP contribution in [0.5, 0.6) is 0 Å². The van der Waals surface area contributed by atoms with Gasteiger partial charge in [-0.1, -0.05) is 6.92 Å². The van der Waals surface area contributed by atoms with Gasteiger partial charge in [-0.05, 0) is 18.9 Å². The van der Waals surface area contributed by atoms with Crippen molar-refractivity contribution in [1.82, 2.24) is 0 Å². The first-order chi connectivity index (χ1) is 3.62. The molecule has 0 radical (unpaired) electrons. The van der Waals surface area contributed by atoms with Crippen molar-refractivity contribution in [3.8, 4) is 0 Å². The maximum atomic E-state index is 12.0. The van der Waals surface area contributed by atoms with Gasteiger partial charge in [-0.25, -0.2) is 4.76 Å². The third-order valence-electron chi connectivity index (χ3n) is 0.591. The Morgan fingerprint density at radius 2 is 2.25 bits per heavy atom. The van der Waals surface area contributed by atoms with Crippen LogP contribution in [0.2, 0.25) is 0 Å². The molecule has 0 atom stereocenters. The van der Waals surface area contributed by atoms with Gasteiger partial charge in [0.15, 0.2) is 0 Å². The van der Waals surface area contributed by atoms with E-state index in [4.69, 9.17) is 0 Å². The molecule has 0 spiro atoms. The SMILES string of the molecule is C=NP(F)(F)=CCC. The van der Waals surface area contributed by atoms with Crippen molar-refractivity contribution in [1.29, 1.82) is 0 Å². The second kappa shape index (κ2) is 2.98. The minimum Gasteiger partial charge on any atom is -0.222 e. The van der Waals surface area contributed by atoms with Crippen LogP contribution in [-0.2, 0) is 0 Å². The molecule has 0 aromatic carbocycles. The second-order valence-corrected chi connectivity index (χ2v) is 2.96. The van der Waals surface area contributed by atoms with Crippen LogP contribution in [0.15, 0.2) is 4.76 Å². The highest BCUT2D eigenvalue weighted by molar-refractivity contribution is 7.63. The van der Waals surface area contributed by atoms with Crippen LogP contribution in [0, 0.1) is 0 Å². The van der Waals surface area contributed by atoms with Gasteiger partial charge in [0.05, 0.1) is 0 Å². The van der Waals surface area contributed by atoms with Crippen molar-refractivity contribution < 1.29 is 8.39 Å². The van der Waals surface area contributed by atoms with Crippen molar-refractivity contribution in [2.24, 2.45) is 4.76 Å². The molecule has 0 aliphatic rings. The lowest BCUT2D eigenvalue weighted by molar-refractivity contribution is 0.739. The fourth-order valence-electron chi connectivity index (χ4n) is 0.277. The van der Waals surface area contributed by atoms with Gasteiger partial charge in [-0.2, -0.15) is 8.39 Å². The monoisotopic (exact) mass is 139 g/mol. The van der Waals surface area contributed by atoms with Gasteiger partial charge in [-0.3, -0.25) is 0 Å². The van der Waals surface area contributed by atoms with E-state index in [1.165, 1.54) is 0 Å². The average Bonchev–Trinajstić information content (AvgIpc) is 1.67. The van der Waals surface area contributed by atoms with Crippen LogP contribution < -0.4 is 0 Å². The summed E-state index contributed by atoms with van der Waals surface area (Å²) in [6.45, 7) is 4.42. The van der Waals surface area contributed by atoms with Crippen molar-refractivity contribution >= 4 is 20.2 Å². The van der Waals surface area contributed by atoms with Crippen molar-refractivity contribution in [2.45, 2.75) is 13.3 Å². The summed E-state index contributed by atoms with van der Waals surface area (Å²) in [6.07, 6.45) is 0.361. The van der Waals surface area contributed by atoms with Gasteiger partial charge in [0, 0.05) is 0 Å². The Morgan fingerprint density at radius 3 is 2.38 bits per heavy atom. The molecular weight excluding hydrogens is 131 g/mol. The molecule has 0 saturated heterocycles. The van der Waals surface area contributed by atoms with Crippen molar-refractivity contribution in [2.75, 3.05) is 0 Å². The lowest BCUT2D eigenvalue weighted by Gasteiger charge is -1.93. The number of halogens is 2. The molecule has 0 aliphatic carbocycles. The Morgan fingerprint density at radius 1 is 1.75 bits per heavy atom. The van der Waals surface area contributed by atoms with Gasteiger partial charge >= 0.3 is 7.66 Å². The first kappa shape index (κ1) is 7.83. The van der Waals surface area contributed by atoms with Crippen LogP contribution in [-0.4, -0.2) is 12.5 Å². The van der Waals surface area contributed by atoms with E-state index in [9.17, 15) is 8.39 Å². The van der Waals surface area contributed by atoms with Gasteiger partial charge < -0.3 is 0 Å². The van der Waals surface area contributed by atoms with Gasteiger partial charge in [0.2, 0.25) is 0 Å². The normalized spacial score (nSPS) is 10.9. The largest absolute Gasteiger partial charge is 0.315 e. The Labute approximate surface area is 47.7 Å². The van der Waals surface area contributed by atoms with E-state index in [1.807, 2.05) is 0 Å². The van der Waals surface area contributed by atoms with E-state index in [0.29, 0.717) is 6.42 Å². The molecule has 8 heavy (non-hydrogen) atoms. The van der Waals surface area contributed by atoms with Crippen LogP contribution in [0.1, 0.15) is 13.3 Å². The fourth-order valence-corrected chi connectivity index (χ4v) is 0.832. The number of rotatable bonds is 2. The molecule has 0 rings (SSSR count). The minimum atomic E-state index is -4.03. The highest BCUT2D eigenvalue weighted by atomic mass is 31.2. The first-order valence-corrected chi connectivity index (χ1v) is 3.82. The molecule has 0 aliphatic heterocycles. The Kier molecular flexibility index (Phi) is 2.91. The molecule has 0 bridgehead atoms. The predicted octanol–water partition coefficient (Wildman–Crippen LogP) is 2.60. The number of nitrogens with zero attached hydrogens (tertiary/aromatic N) is 1. The summed E-state index contributed by atoms with van der Waals surface area (Å²) < 4.78 is 26.6. The highest BCUT2D eigenvalue weighted by Gasteiger charge is 2.06. The Hall–Kier alpha value is -0.170. The molecule has 0 aromatic heterocycles. The van der Waals surface area contributed by atoms with Crippen molar-refractivity contribution in [3.63, 3.8) is 0 Å². The smallest absolute Gasteiger partial charge is 0.222 e. The zero-order valence-electron chi connectivity index (χ0n) is 4.64. The number of hydrogen-bond acceptors (Lipinski definition) is 1. The average molecular weight is 139 g/mol. The van der Waals surface area contributed by atoms with Crippen LogP contribution in [0.4, 0.5) is 8.39 Å². The van der Waals surface area contributed by atoms with E-state index < -0.39 is 7.66 Å². The van der Waals surface area contributed by atoms with E-state index in [1.54, 1.807) is 6.92 Å². The Balaban J connectivity index is 4.09. The molecule has 1 nitrogen and oxygen atoms in total. The van der Waals surface area contributed by atoms with Crippen LogP contribution >= 0.6 is 7.66 Å². The lowest BCUT2D eigenvalue weighted by Crippen LogP contribution is -1.65. The van der Waals surface area contributed by atoms with E-state index in [0.717, 1.165) is 5.80 Å². The Bertz CT molecular complexity index is 126.